The summed E-state index contributed by atoms with van der Waals surface area (Å²) in [6.45, 7) is 0. The average molecular weight is 304 g/mol. The normalized spacial score (nSPS) is 29.0. The number of sulfonamides is 1. The first-order valence-electron chi connectivity index (χ1n) is 5.50. The van der Waals surface area contributed by atoms with Gasteiger partial charge in [-0.2, -0.15) is 13.2 Å². The van der Waals surface area contributed by atoms with Gasteiger partial charge in [-0.15, -0.1) is 0 Å². The molecule has 3 N–H and O–H groups in total. The van der Waals surface area contributed by atoms with Crippen LogP contribution >= 0.6 is 0 Å². The molecular formula is C9H15F3N2O4S. The van der Waals surface area contributed by atoms with Crippen molar-refractivity contribution in [2.24, 2.45) is 11.7 Å². The number of rotatable bonds is 3. The minimum Gasteiger partial charge on any atom is -0.469 e. The lowest BCUT2D eigenvalue weighted by molar-refractivity contribution is -0.146. The number of esters is 1. The Morgan fingerprint density at radius 1 is 1.37 bits per heavy atom. The fraction of sp³-hybridized carbons (Fsp3) is 0.889. The molecule has 1 aliphatic rings. The zero-order valence-corrected chi connectivity index (χ0v) is 10.9. The van der Waals surface area contributed by atoms with Crippen LogP contribution in [0.25, 0.3) is 0 Å². The van der Waals surface area contributed by atoms with Crippen molar-refractivity contribution in [1.29, 1.82) is 0 Å². The van der Waals surface area contributed by atoms with E-state index in [9.17, 15) is 26.4 Å². The van der Waals surface area contributed by atoms with Crippen molar-refractivity contribution in [1.82, 2.24) is 4.72 Å². The number of nitrogens with two attached hydrogens (primary N) is 1. The molecule has 19 heavy (non-hydrogen) atoms. The van der Waals surface area contributed by atoms with Crippen LogP contribution in [0, 0.1) is 5.92 Å². The van der Waals surface area contributed by atoms with Crippen LogP contribution in [0.3, 0.4) is 0 Å². The molecule has 1 rings (SSSR count). The SMILES string of the molecule is COC(=O)[C@H]1CC[C@H](N)[C@H](NS(=O)(=O)C(F)(F)F)C1. The molecule has 1 fully saturated rings. The van der Waals surface area contributed by atoms with E-state index >= 15 is 0 Å². The summed E-state index contributed by atoms with van der Waals surface area (Å²) in [7, 11) is -4.31. The standard InChI is InChI=1S/C9H15F3N2O4S/c1-18-8(15)5-2-3-6(13)7(4-5)14-19(16,17)9(10,11)12/h5-7,14H,2-4,13H2,1H3/t5-,6-,7+/m0/s1. The second-order valence-corrected chi connectivity index (χ2v) is 6.08. The van der Waals surface area contributed by atoms with Crippen molar-refractivity contribution in [2.75, 3.05) is 7.11 Å². The minimum absolute atomic E-state index is 0.108. The Labute approximate surface area is 108 Å². The van der Waals surface area contributed by atoms with Gasteiger partial charge in [-0.25, -0.2) is 13.1 Å². The maximum atomic E-state index is 12.3. The van der Waals surface area contributed by atoms with Crippen molar-refractivity contribution in [3.63, 3.8) is 0 Å². The second-order valence-electron chi connectivity index (χ2n) is 4.37. The smallest absolute Gasteiger partial charge is 0.469 e. The molecule has 0 aromatic heterocycles. The summed E-state index contributed by atoms with van der Waals surface area (Å²) >= 11 is 0. The van der Waals surface area contributed by atoms with E-state index < -0.39 is 39.5 Å². The topological polar surface area (TPSA) is 98.5 Å². The average Bonchev–Trinajstić information content (AvgIpc) is 2.29. The summed E-state index contributed by atoms with van der Waals surface area (Å²) in [6.07, 6.45) is 0.492. The van der Waals surface area contributed by atoms with Crippen molar-refractivity contribution in [3.8, 4) is 0 Å². The molecule has 0 aliphatic heterocycles. The number of carbonyl (C=O) groups is 1. The lowest BCUT2D eigenvalue weighted by Crippen LogP contribution is -2.54. The van der Waals surface area contributed by atoms with Crippen LogP contribution in [-0.4, -0.2) is 39.1 Å². The van der Waals surface area contributed by atoms with E-state index in [-0.39, 0.29) is 12.8 Å². The third-order valence-electron chi connectivity index (χ3n) is 3.05. The summed E-state index contributed by atoms with van der Waals surface area (Å²) < 4.78 is 64.8. The number of halogens is 3. The van der Waals surface area contributed by atoms with Gasteiger partial charge < -0.3 is 10.5 Å². The van der Waals surface area contributed by atoms with E-state index in [0.29, 0.717) is 6.42 Å². The first-order valence-corrected chi connectivity index (χ1v) is 6.99. The van der Waals surface area contributed by atoms with Gasteiger partial charge in [0, 0.05) is 12.1 Å². The van der Waals surface area contributed by atoms with Gasteiger partial charge >= 0.3 is 21.5 Å². The van der Waals surface area contributed by atoms with Crippen molar-refractivity contribution in [2.45, 2.75) is 36.9 Å². The predicted octanol–water partition coefficient (Wildman–Crippen LogP) is 0.0946. The first-order chi connectivity index (χ1) is 8.58. The Bertz CT molecular complexity index is 437. The highest BCUT2D eigenvalue weighted by Crippen LogP contribution is 2.28. The van der Waals surface area contributed by atoms with Gasteiger partial charge in [0.15, 0.2) is 0 Å². The summed E-state index contributed by atoms with van der Waals surface area (Å²) in [4.78, 5) is 11.3. The Kier molecular flexibility index (Phi) is 4.80. The van der Waals surface area contributed by atoms with Crippen LogP contribution in [0.15, 0.2) is 0 Å². The fourth-order valence-corrected chi connectivity index (χ4v) is 2.78. The van der Waals surface area contributed by atoms with Crippen LogP contribution in [0.2, 0.25) is 0 Å². The maximum Gasteiger partial charge on any atom is 0.511 e. The molecule has 0 aromatic rings. The van der Waals surface area contributed by atoms with E-state index in [0.717, 1.165) is 7.11 Å². The number of carbonyl (C=O) groups excluding carboxylic acids is 1. The lowest BCUT2D eigenvalue weighted by atomic mass is 9.83. The molecule has 10 heteroatoms. The quantitative estimate of drug-likeness (QED) is 0.720. The van der Waals surface area contributed by atoms with E-state index in [1.807, 2.05) is 0 Å². The summed E-state index contributed by atoms with van der Waals surface area (Å²) in [5.41, 5.74) is 0.189. The molecule has 0 radical (unpaired) electrons. The van der Waals surface area contributed by atoms with E-state index in [2.05, 4.69) is 4.74 Å². The zero-order chi connectivity index (χ0) is 14.8. The van der Waals surface area contributed by atoms with Crippen LogP contribution in [-0.2, 0) is 19.6 Å². The third-order valence-corrected chi connectivity index (χ3v) is 4.27. The van der Waals surface area contributed by atoms with Gasteiger partial charge in [0.2, 0.25) is 0 Å². The molecule has 1 aliphatic carbocycles. The number of hydrogen-bond acceptors (Lipinski definition) is 5. The van der Waals surface area contributed by atoms with Crippen molar-refractivity contribution < 1.29 is 31.1 Å². The van der Waals surface area contributed by atoms with E-state index in [4.69, 9.17) is 5.73 Å². The number of alkyl halides is 3. The zero-order valence-electron chi connectivity index (χ0n) is 10.1. The molecule has 0 spiro atoms. The summed E-state index contributed by atoms with van der Waals surface area (Å²) in [5.74, 6) is -1.23. The highest BCUT2D eigenvalue weighted by atomic mass is 32.2. The largest absolute Gasteiger partial charge is 0.511 e. The van der Waals surface area contributed by atoms with E-state index in [1.165, 1.54) is 4.72 Å². The van der Waals surface area contributed by atoms with Crippen LogP contribution in [0.5, 0.6) is 0 Å². The van der Waals surface area contributed by atoms with Crippen molar-refractivity contribution >= 4 is 16.0 Å². The number of hydrogen-bond donors (Lipinski definition) is 2. The molecule has 0 unspecified atom stereocenters. The molecule has 0 amide bonds. The second kappa shape index (κ2) is 5.63. The number of nitrogens with one attached hydrogen (secondary N) is 1. The predicted molar refractivity (Wildman–Crippen MR) is 59.2 cm³/mol. The molecule has 0 bridgehead atoms. The monoisotopic (exact) mass is 304 g/mol. The van der Waals surface area contributed by atoms with Gasteiger partial charge in [-0.1, -0.05) is 0 Å². The van der Waals surface area contributed by atoms with Crippen LogP contribution in [0.4, 0.5) is 13.2 Å². The molecule has 0 aromatic carbocycles. The maximum absolute atomic E-state index is 12.3. The molecule has 1 saturated carbocycles. The Hall–Kier alpha value is -0.870. The molecule has 112 valence electrons. The third kappa shape index (κ3) is 3.80. The van der Waals surface area contributed by atoms with E-state index in [1.54, 1.807) is 0 Å². The lowest BCUT2D eigenvalue weighted by Gasteiger charge is -2.33. The summed E-state index contributed by atoms with van der Waals surface area (Å²) in [6, 6.07) is -1.90. The van der Waals surface area contributed by atoms with Gasteiger partial charge in [-0.3, -0.25) is 4.79 Å². The molecule has 6 nitrogen and oxygen atoms in total. The van der Waals surface area contributed by atoms with Gasteiger partial charge in [0.1, 0.15) is 0 Å². The van der Waals surface area contributed by atoms with Gasteiger partial charge in [0.25, 0.3) is 0 Å². The van der Waals surface area contributed by atoms with Gasteiger partial charge in [0.05, 0.1) is 13.0 Å². The Balaban J connectivity index is 2.79. The summed E-state index contributed by atoms with van der Waals surface area (Å²) in [5, 5.41) is 0. The Morgan fingerprint density at radius 3 is 2.42 bits per heavy atom. The molecule has 3 atom stereocenters. The van der Waals surface area contributed by atoms with Crippen LogP contribution in [0.1, 0.15) is 19.3 Å². The number of methoxy groups -OCH3 is 1. The highest BCUT2D eigenvalue weighted by molar-refractivity contribution is 7.90. The van der Waals surface area contributed by atoms with Crippen LogP contribution < -0.4 is 10.5 Å². The number of ether oxygens (including phenoxy) is 1. The fourth-order valence-electron chi connectivity index (χ4n) is 1.98. The molecule has 0 heterocycles. The molecule has 0 saturated heterocycles. The van der Waals surface area contributed by atoms with Crippen molar-refractivity contribution in [3.05, 3.63) is 0 Å². The Morgan fingerprint density at radius 2 is 1.95 bits per heavy atom. The highest BCUT2D eigenvalue weighted by Gasteiger charge is 2.48. The van der Waals surface area contributed by atoms with Gasteiger partial charge in [-0.05, 0) is 19.3 Å². The first kappa shape index (κ1) is 16.2. The minimum atomic E-state index is -5.47. The molecular weight excluding hydrogens is 289 g/mol.